The van der Waals surface area contributed by atoms with Crippen molar-refractivity contribution < 1.29 is 31.1 Å². The number of halogens is 6. The van der Waals surface area contributed by atoms with Crippen LogP contribution in [0.15, 0.2) is 23.6 Å². The van der Waals surface area contributed by atoms with Crippen LogP contribution in [0, 0.1) is 0 Å². The molecule has 1 aromatic carbocycles. The minimum Gasteiger partial charge on any atom is -0.322 e. The van der Waals surface area contributed by atoms with Crippen LogP contribution in [-0.2, 0) is 18.9 Å². The van der Waals surface area contributed by atoms with E-state index in [1.165, 1.54) is 18.4 Å². The highest BCUT2D eigenvalue weighted by Gasteiger charge is 2.37. The van der Waals surface area contributed by atoms with Crippen LogP contribution in [0.25, 0.3) is 0 Å². The van der Waals surface area contributed by atoms with E-state index in [9.17, 15) is 31.1 Å². The van der Waals surface area contributed by atoms with Gasteiger partial charge in [-0.15, -0.1) is 11.3 Å². The van der Waals surface area contributed by atoms with Crippen LogP contribution in [0.2, 0.25) is 0 Å². The second-order valence-electron chi connectivity index (χ2n) is 6.41. The lowest BCUT2D eigenvalue weighted by Crippen LogP contribution is -2.31. The Kier molecular flexibility index (Phi) is 6.27. The van der Waals surface area contributed by atoms with Gasteiger partial charge in [-0.1, -0.05) is 13.8 Å². The maximum absolute atomic E-state index is 12.9. The summed E-state index contributed by atoms with van der Waals surface area (Å²) in [7, 11) is 1.36. The summed E-state index contributed by atoms with van der Waals surface area (Å²) in [6.45, 7) is 3.95. The van der Waals surface area contributed by atoms with Crippen molar-refractivity contribution in [1.29, 1.82) is 0 Å². The molecule has 1 aromatic heterocycles. The average Bonchev–Trinajstić information content (AvgIpc) is 3.01. The van der Waals surface area contributed by atoms with Crippen LogP contribution in [0.1, 0.15) is 41.6 Å². The lowest BCUT2D eigenvalue weighted by atomic mass is 10.1. The summed E-state index contributed by atoms with van der Waals surface area (Å²) in [5.74, 6) is 0.198. The molecule has 154 valence electrons. The number of anilines is 1. The minimum absolute atomic E-state index is 0.00207. The Morgan fingerprint density at radius 2 is 1.64 bits per heavy atom. The van der Waals surface area contributed by atoms with E-state index in [-0.39, 0.29) is 18.5 Å². The number of thiazole rings is 1. The Hall–Kier alpha value is -2.30. The van der Waals surface area contributed by atoms with Gasteiger partial charge in [0.2, 0.25) is 0 Å². The molecule has 0 unspecified atom stereocenters. The van der Waals surface area contributed by atoms with Gasteiger partial charge in [-0.05, 0) is 18.2 Å². The number of nitrogens with one attached hydrogen (secondary N) is 1. The van der Waals surface area contributed by atoms with Crippen molar-refractivity contribution in [2.75, 3.05) is 12.4 Å². The second-order valence-corrected chi connectivity index (χ2v) is 7.30. The SMILES string of the molecule is CC(C)c1nc(CN(C)C(=O)Nc2cc(C(F)(F)F)cc(C(F)(F)F)c2)cs1. The number of amides is 2. The number of carbonyl (C=O) groups excluding carboxylic acids is 1. The molecule has 0 bridgehead atoms. The number of aromatic nitrogens is 1. The van der Waals surface area contributed by atoms with E-state index in [4.69, 9.17) is 0 Å². The van der Waals surface area contributed by atoms with Crippen molar-refractivity contribution in [3.05, 3.63) is 45.4 Å². The van der Waals surface area contributed by atoms with Gasteiger partial charge in [-0.3, -0.25) is 0 Å². The van der Waals surface area contributed by atoms with Crippen LogP contribution in [-0.4, -0.2) is 23.0 Å². The van der Waals surface area contributed by atoms with E-state index in [0.717, 1.165) is 9.91 Å². The lowest BCUT2D eigenvalue weighted by molar-refractivity contribution is -0.143. The summed E-state index contributed by atoms with van der Waals surface area (Å²) in [6, 6.07) is 0.0651. The zero-order valence-corrected chi connectivity index (χ0v) is 15.9. The normalized spacial score (nSPS) is 12.4. The first-order chi connectivity index (χ1) is 12.8. The highest BCUT2D eigenvalue weighted by molar-refractivity contribution is 7.09. The third kappa shape index (κ3) is 5.60. The van der Waals surface area contributed by atoms with E-state index in [0.29, 0.717) is 17.8 Å². The summed E-state index contributed by atoms with van der Waals surface area (Å²) in [6.07, 6.45) is -9.97. The van der Waals surface area contributed by atoms with E-state index < -0.39 is 35.2 Å². The van der Waals surface area contributed by atoms with Gasteiger partial charge in [0.15, 0.2) is 0 Å². The molecule has 2 rings (SSSR count). The molecule has 4 nitrogen and oxygen atoms in total. The van der Waals surface area contributed by atoms with Gasteiger partial charge in [0.05, 0.1) is 28.4 Å². The molecule has 0 saturated heterocycles. The first-order valence-corrected chi connectivity index (χ1v) is 8.91. The molecular weight excluding hydrogens is 408 g/mol. The van der Waals surface area contributed by atoms with E-state index in [1.807, 2.05) is 13.8 Å². The van der Waals surface area contributed by atoms with Crippen LogP contribution in [0.4, 0.5) is 36.8 Å². The molecule has 28 heavy (non-hydrogen) atoms. The maximum atomic E-state index is 12.9. The van der Waals surface area contributed by atoms with Gasteiger partial charge in [0.25, 0.3) is 0 Å². The molecular formula is C17H17F6N3OS. The molecule has 0 saturated carbocycles. The topological polar surface area (TPSA) is 45.2 Å². The molecule has 1 N–H and O–H groups in total. The van der Waals surface area contributed by atoms with Gasteiger partial charge >= 0.3 is 18.4 Å². The molecule has 0 aliphatic rings. The zero-order chi connectivity index (χ0) is 21.3. The summed E-state index contributed by atoms with van der Waals surface area (Å²) in [5, 5.41) is 4.68. The molecule has 11 heteroatoms. The second kappa shape index (κ2) is 7.98. The van der Waals surface area contributed by atoms with Gasteiger partial charge in [-0.25, -0.2) is 9.78 Å². The Bertz CT molecular complexity index is 812. The average molecular weight is 425 g/mol. The first-order valence-electron chi connectivity index (χ1n) is 8.03. The maximum Gasteiger partial charge on any atom is 0.416 e. The predicted molar refractivity (Wildman–Crippen MR) is 93.1 cm³/mol. The quantitative estimate of drug-likeness (QED) is 0.614. The molecule has 2 aromatic rings. The smallest absolute Gasteiger partial charge is 0.322 e. The predicted octanol–water partition coefficient (Wildman–Crippen LogP) is 5.97. The molecule has 0 atom stereocenters. The van der Waals surface area contributed by atoms with Crippen molar-refractivity contribution in [3.63, 3.8) is 0 Å². The van der Waals surface area contributed by atoms with Crippen molar-refractivity contribution in [2.24, 2.45) is 0 Å². The Labute approximate surface area is 161 Å². The van der Waals surface area contributed by atoms with E-state index in [2.05, 4.69) is 10.3 Å². The van der Waals surface area contributed by atoms with Crippen LogP contribution >= 0.6 is 11.3 Å². The highest BCUT2D eigenvalue weighted by Crippen LogP contribution is 2.37. The minimum atomic E-state index is -4.99. The standard InChI is InChI=1S/C17H17F6N3OS/c1-9(2)14-24-13(8-28-14)7-26(3)15(27)25-12-5-10(16(18,19)20)4-11(6-12)17(21,22)23/h4-6,8-9H,7H2,1-3H3,(H,25,27). The van der Waals surface area contributed by atoms with Crippen molar-refractivity contribution in [1.82, 2.24) is 9.88 Å². The summed E-state index contributed by atoms with van der Waals surface area (Å²) < 4.78 is 77.3. The van der Waals surface area contributed by atoms with Crippen LogP contribution in [0.5, 0.6) is 0 Å². The van der Waals surface area contributed by atoms with Gasteiger partial charge in [0, 0.05) is 24.0 Å². The fraction of sp³-hybridized carbons (Fsp3) is 0.412. The monoisotopic (exact) mass is 425 g/mol. The zero-order valence-electron chi connectivity index (χ0n) is 15.1. The fourth-order valence-electron chi connectivity index (χ4n) is 2.22. The summed E-state index contributed by atoms with van der Waals surface area (Å²) in [4.78, 5) is 17.7. The van der Waals surface area contributed by atoms with Crippen molar-refractivity contribution >= 4 is 23.1 Å². The van der Waals surface area contributed by atoms with Crippen molar-refractivity contribution in [2.45, 2.75) is 38.7 Å². The largest absolute Gasteiger partial charge is 0.416 e. The van der Waals surface area contributed by atoms with Gasteiger partial charge < -0.3 is 10.2 Å². The number of carbonyl (C=O) groups is 1. The molecule has 0 aliphatic heterocycles. The van der Waals surface area contributed by atoms with Crippen molar-refractivity contribution in [3.8, 4) is 0 Å². The third-order valence-corrected chi connectivity index (χ3v) is 4.84. The highest BCUT2D eigenvalue weighted by atomic mass is 32.1. The number of hydrogen-bond donors (Lipinski definition) is 1. The third-order valence-electron chi connectivity index (χ3n) is 3.65. The number of benzene rings is 1. The van der Waals surface area contributed by atoms with E-state index >= 15 is 0 Å². The lowest BCUT2D eigenvalue weighted by Gasteiger charge is -2.19. The Balaban J connectivity index is 2.19. The number of nitrogens with zero attached hydrogens (tertiary/aromatic N) is 2. The summed E-state index contributed by atoms with van der Waals surface area (Å²) in [5.41, 5.74) is -3.02. The molecule has 2 amide bonds. The number of urea groups is 1. The molecule has 0 spiro atoms. The fourth-order valence-corrected chi connectivity index (χ4v) is 3.05. The van der Waals surface area contributed by atoms with E-state index in [1.54, 1.807) is 5.38 Å². The molecule has 1 heterocycles. The molecule has 0 fully saturated rings. The summed E-state index contributed by atoms with van der Waals surface area (Å²) >= 11 is 1.41. The van der Waals surface area contributed by atoms with Crippen LogP contribution < -0.4 is 5.32 Å². The number of hydrogen-bond acceptors (Lipinski definition) is 3. The molecule has 0 radical (unpaired) electrons. The first kappa shape index (κ1) is 22.0. The van der Waals surface area contributed by atoms with Crippen LogP contribution in [0.3, 0.4) is 0 Å². The Morgan fingerprint density at radius 3 is 2.07 bits per heavy atom. The van der Waals surface area contributed by atoms with Gasteiger partial charge in [-0.2, -0.15) is 26.3 Å². The van der Waals surface area contributed by atoms with Gasteiger partial charge in [0.1, 0.15) is 0 Å². The molecule has 0 aliphatic carbocycles. The number of rotatable bonds is 4. The number of alkyl halides is 6. The Morgan fingerprint density at radius 1 is 1.11 bits per heavy atom.